The molecular formula is C43H82N6O8. The molecule has 1 aromatic rings. The molecule has 0 radical (unpaired) electrons. The lowest BCUT2D eigenvalue weighted by Gasteiger charge is -2.37. The van der Waals surface area contributed by atoms with E-state index in [-0.39, 0.29) is 48.6 Å². The highest BCUT2D eigenvalue weighted by Crippen LogP contribution is 2.25. The Balaban J connectivity index is -0.000000811. The SMILES string of the molecule is CC.CCC.CCC(C)C(C(CC)OC)N(C)C(=O)CNC(=O)N(CCCN)C(C)C.COC(C(C)C(=O)NCC(=O)O)C1CCCN1C=O.Cc1ccccc1. The maximum absolute atomic E-state index is 12.7. The summed E-state index contributed by atoms with van der Waals surface area (Å²) in [6.07, 6.45) is 5.76. The van der Waals surface area contributed by atoms with Crippen molar-refractivity contribution in [1.29, 1.82) is 0 Å². The maximum Gasteiger partial charge on any atom is 0.322 e. The average Bonchev–Trinajstić information content (AvgIpc) is 3.68. The van der Waals surface area contributed by atoms with E-state index in [1.807, 2.05) is 45.9 Å². The molecule has 14 heteroatoms. The fourth-order valence-electron chi connectivity index (χ4n) is 6.19. The normalized spacial score (nSPS) is 15.4. The van der Waals surface area contributed by atoms with Crippen LogP contribution in [0.1, 0.15) is 113 Å². The molecule has 0 aliphatic carbocycles. The predicted molar refractivity (Wildman–Crippen MR) is 231 cm³/mol. The van der Waals surface area contributed by atoms with Gasteiger partial charge in [-0.15, -0.1) is 0 Å². The van der Waals surface area contributed by atoms with E-state index in [0.29, 0.717) is 25.6 Å². The minimum atomic E-state index is -1.09. The van der Waals surface area contributed by atoms with Gasteiger partial charge in [0.25, 0.3) is 0 Å². The number of hydrogen-bond acceptors (Lipinski definition) is 8. The fraction of sp³-hybridized carbons (Fsp3) is 0.744. The van der Waals surface area contributed by atoms with Crippen LogP contribution in [0.15, 0.2) is 30.3 Å². The Kier molecular flexibility index (Phi) is 35.8. The van der Waals surface area contributed by atoms with Crippen molar-refractivity contribution in [1.82, 2.24) is 25.3 Å². The largest absolute Gasteiger partial charge is 0.480 e. The number of carboxylic acids is 1. The van der Waals surface area contributed by atoms with Gasteiger partial charge < -0.3 is 45.6 Å². The molecule has 14 nitrogen and oxygen atoms in total. The van der Waals surface area contributed by atoms with Crippen molar-refractivity contribution in [3.63, 3.8) is 0 Å². The third-order valence-electron chi connectivity index (χ3n) is 9.42. The second-order valence-electron chi connectivity index (χ2n) is 14.2. The highest BCUT2D eigenvalue weighted by atomic mass is 16.5. The van der Waals surface area contributed by atoms with Crippen LogP contribution in [0.3, 0.4) is 0 Å². The number of ether oxygens (including phenoxy) is 2. The van der Waals surface area contributed by atoms with Crippen molar-refractivity contribution >= 4 is 30.2 Å². The lowest BCUT2D eigenvalue weighted by atomic mass is 9.91. The Morgan fingerprint density at radius 3 is 1.95 bits per heavy atom. The minimum absolute atomic E-state index is 0.0159. The van der Waals surface area contributed by atoms with Crippen LogP contribution in [0, 0.1) is 18.8 Å². The molecule has 1 aliphatic heterocycles. The van der Waals surface area contributed by atoms with Gasteiger partial charge in [-0.2, -0.15) is 0 Å². The van der Waals surface area contributed by atoms with Gasteiger partial charge >= 0.3 is 12.0 Å². The highest BCUT2D eigenvalue weighted by Gasteiger charge is 2.37. The van der Waals surface area contributed by atoms with Gasteiger partial charge in [0.2, 0.25) is 18.2 Å². The lowest BCUT2D eigenvalue weighted by molar-refractivity contribution is -0.140. The van der Waals surface area contributed by atoms with Crippen molar-refractivity contribution in [2.45, 2.75) is 145 Å². The van der Waals surface area contributed by atoms with Gasteiger partial charge in [0, 0.05) is 40.4 Å². The zero-order valence-corrected chi connectivity index (χ0v) is 38.0. The number of carboxylic acid groups (broad SMARTS) is 1. The van der Waals surface area contributed by atoms with Crippen LogP contribution in [0.2, 0.25) is 0 Å². The topological polar surface area (TPSA) is 184 Å². The summed E-state index contributed by atoms with van der Waals surface area (Å²) in [7, 11) is 4.97. The van der Waals surface area contributed by atoms with Crippen LogP contribution in [0.25, 0.3) is 0 Å². The highest BCUT2D eigenvalue weighted by molar-refractivity contribution is 5.84. The van der Waals surface area contributed by atoms with E-state index in [2.05, 4.69) is 64.3 Å². The van der Waals surface area contributed by atoms with E-state index in [0.717, 1.165) is 38.5 Å². The number of nitrogens with one attached hydrogen (secondary N) is 2. The van der Waals surface area contributed by atoms with E-state index in [1.54, 1.807) is 35.8 Å². The van der Waals surface area contributed by atoms with E-state index >= 15 is 0 Å². The number of methoxy groups -OCH3 is 2. The predicted octanol–water partition coefficient (Wildman–Crippen LogP) is 5.95. The third kappa shape index (κ3) is 23.9. The van der Waals surface area contributed by atoms with Gasteiger partial charge in [0.15, 0.2) is 0 Å². The van der Waals surface area contributed by atoms with Gasteiger partial charge in [-0.3, -0.25) is 19.2 Å². The number of rotatable bonds is 19. The molecule has 332 valence electrons. The molecule has 0 aromatic heterocycles. The number of likely N-dealkylation sites (N-methyl/N-ethyl adjacent to an activating group) is 1. The first kappa shape index (κ1) is 57.6. The van der Waals surface area contributed by atoms with Crippen molar-refractivity contribution in [2.75, 3.05) is 54.0 Å². The molecule has 0 spiro atoms. The van der Waals surface area contributed by atoms with Crippen LogP contribution in [-0.4, -0.2) is 134 Å². The number of aryl methyl sites for hydroxylation is 1. The first-order chi connectivity index (χ1) is 27.1. The van der Waals surface area contributed by atoms with Crippen molar-refractivity contribution in [3.8, 4) is 0 Å². The van der Waals surface area contributed by atoms with Crippen LogP contribution in [0.5, 0.6) is 0 Å². The molecule has 5 amide bonds. The summed E-state index contributed by atoms with van der Waals surface area (Å²) >= 11 is 0. The van der Waals surface area contributed by atoms with Crippen LogP contribution in [0.4, 0.5) is 4.79 Å². The molecule has 1 aliphatic rings. The van der Waals surface area contributed by atoms with Gasteiger partial charge in [0.05, 0.1) is 36.8 Å². The summed E-state index contributed by atoms with van der Waals surface area (Å²) in [5.74, 6) is -1.80. The molecule has 1 saturated heterocycles. The lowest BCUT2D eigenvalue weighted by Crippen LogP contribution is -2.53. The number of urea groups is 1. The Bertz CT molecular complexity index is 1190. The summed E-state index contributed by atoms with van der Waals surface area (Å²) in [5.41, 5.74) is 6.86. The molecular weight excluding hydrogens is 729 g/mol. The Labute approximate surface area is 345 Å². The summed E-state index contributed by atoms with van der Waals surface area (Å²) in [6.45, 7) is 23.5. The zero-order valence-electron chi connectivity index (χ0n) is 38.0. The summed E-state index contributed by atoms with van der Waals surface area (Å²) < 4.78 is 10.9. The fourth-order valence-corrected chi connectivity index (χ4v) is 6.19. The first-order valence-electron chi connectivity index (χ1n) is 20.8. The van der Waals surface area contributed by atoms with Gasteiger partial charge in [-0.25, -0.2) is 4.79 Å². The van der Waals surface area contributed by atoms with Gasteiger partial charge in [-0.1, -0.05) is 104 Å². The monoisotopic (exact) mass is 811 g/mol. The number of carbonyl (C=O) groups is 5. The van der Waals surface area contributed by atoms with Crippen molar-refractivity contribution in [3.05, 3.63) is 35.9 Å². The summed E-state index contributed by atoms with van der Waals surface area (Å²) in [4.78, 5) is 63.3. The molecule has 0 bridgehead atoms. The first-order valence-corrected chi connectivity index (χ1v) is 20.8. The number of nitrogens with two attached hydrogens (primary N) is 1. The van der Waals surface area contributed by atoms with Crippen molar-refractivity contribution in [2.24, 2.45) is 17.6 Å². The molecule has 1 fully saturated rings. The van der Waals surface area contributed by atoms with E-state index in [4.69, 9.17) is 20.3 Å². The molecule has 1 aromatic carbocycles. The molecule has 1 heterocycles. The van der Waals surface area contributed by atoms with Crippen LogP contribution in [-0.2, 0) is 28.7 Å². The summed E-state index contributed by atoms with van der Waals surface area (Å²) in [6, 6.07) is 9.94. The summed E-state index contributed by atoms with van der Waals surface area (Å²) in [5, 5.41) is 13.6. The van der Waals surface area contributed by atoms with Gasteiger partial charge in [-0.05, 0) is 58.9 Å². The second-order valence-corrected chi connectivity index (χ2v) is 14.2. The minimum Gasteiger partial charge on any atom is -0.480 e. The molecule has 6 atom stereocenters. The number of benzene rings is 1. The van der Waals surface area contributed by atoms with E-state index < -0.39 is 24.5 Å². The Morgan fingerprint density at radius 2 is 1.54 bits per heavy atom. The molecule has 57 heavy (non-hydrogen) atoms. The van der Waals surface area contributed by atoms with E-state index in [9.17, 15) is 24.0 Å². The number of hydrogen-bond donors (Lipinski definition) is 4. The number of aliphatic carboxylic acids is 1. The average molecular weight is 811 g/mol. The standard InChI is InChI=1S/C19H40N4O3.C12H20N2O5.C7H8.C3H8.C2H6/c1-8-15(5)18(16(9-2)26-7)22(6)17(24)13-21-19(25)23(14(3)4)12-10-11-20;1-8(12(18)13-6-10(16)17)11(19-2)9-4-3-5-14(9)7-15;1-7-5-3-2-4-6-7;1-3-2;1-2/h14-16,18H,8-13,20H2,1-7H3,(H,21,25);7-9,11H,3-6H2,1-2H3,(H,13,18)(H,16,17);2-6H,1H3;3H2,1-2H3;1-2H3. The number of amides is 5. The smallest absolute Gasteiger partial charge is 0.322 e. The quantitative estimate of drug-likeness (QED) is 0.123. The molecule has 6 unspecified atom stereocenters. The van der Waals surface area contributed by atoms with Crippen LogP contribution < -0.4 is 16.4 Å². The Hall–Kier alpha value is -3.75. The number of nitrogens with zero attached hydrogens (tertiary/aromatic N) is 3. The zero-order chi connectivity index (χ0) is 44.5. The molecule has 0 saturated carbocycles. The second kappa shape index (κ2) is 35.4. The third-order valence-corrected chi connectivity index (χ3v) is 9.42. The molecule has 5 N–H and O–H groups in total. The molecule has 2 rings (SSSR count). The van der Waals surface area contributed by atoms with Gasteiger partial charge in [0.1, 0.15) is 6.54 Å². The van der Waals surface area contributed by atoms with Crippen molar-refractivity contribution < 1.29 is 38.6 Å². The van der Waals surface area contributed by atoms with E-state index in [1.165, 1.54) is 19.1 Å². The Morgan fingerprint density at radius 1 is 0.965 bits per heavy atom. The number of likely N-dealkylation sites (tertiary alicyclic amines) is 1. The number of carbonyl (C=O) groups excluding carboxylic acids is 4. The van der Waals surface area contributed by atoms with Crippen LogP contribution >= 0.6 is 0 Å². The maximum atomic E-state index is 12.7.